The molecule has 0 spiro atoms. The minimum atomic E-state index is -2.58. The van der Waals surface area contributed by atoms with Crippen molar-refractivity contribution in [1.82, 2.24) is 10.3 Å². The van der Waals surface area contributed by atoms with E-state index in [9.17, 15) is 18.4 Å². The largest absolute Gasteiger partial charge is 0.488 e. The molecule has 2 N–H and O–H groups in total. The molecule has 1 aromatic carbocycles. The molecule has 0 bridgehead atoms. The molecule has 0 aliphatic carbocycles. The van der Waals surface area contributed by atoms with Gasteiger partial charge in [0.15, 0.2) is 0 Å². The summed E-state index contributed by atoms with van der Waals surface area (Å²) in [5, 5.41) is 5.68. The van der Waals surface area contributed by atoms with Gasteiger partial charge in [0.1, 0.15) is 18.2 Å². The molecule has 2 rings (SSSR count). The van der Waals surface area contributed by atoms with Crippen LogP contribution in [0.5, 0.6) is 5.75 Å². The number of rotatable bonds is 8. The zero-order chi connectivity index (χ0) is 21.6. The Balaban J connectivity index is 2.03. The highest BCUT2D eigenvalue weighted by atomic mass is 35.5. The molecule has 0 saturated heterocycles. The fourth-order valence-corrected chi connectivity index (χ4v) is 2.57. The Morgan fingerprint density at radius 3 is 2.55 bits per heavy atom. The first-order chi connectivity index (χ1) is 13.7. The Kier molecular flexibility index (Phi) is 7.90. The van der Waals surface area contributed by atoms with Gasteiger partial charge >= 0.3 is 0 Å². The SMILES string of the molecule is Cc1cc(C(=O)NCc2ccc(OCC(F)F)cc2Cl)cc(NC(=O)C(C)C)n1. The van der Waals surface area contributed by atoms with Crippen molar-refractivity contribution in [3.05, 3.63) is 52.2 Å². The summed E-state index contributed by atoms with van der Waals surface area (Å²) in [5.74, 6) is -0.266. The smallest absolute Gasteiger partial charge is 0.272 e. The van der Waals surface area contributed by atoms with Crippen LogP contribution in [0.4, 0.5) is 14.6 Å². The summed E-state index contributed by atoms with van der Waals surface area (Å²) in [4.78, 5) is 28.6. The van der Waals surface area contributed by atoms with E-state index in [1.807, 2.05) is 0 Å². The molecular formula is C20H22ClF2N3O3. The lowest BCUT2D eigenvalue weighted by Gasteiger charge is -2.12. The second kappa shape index (κ2) is 10.2. The number of hydrogen-bond donors (Lipinski definition) is 2. The van der Waals surface area contributed by atoms with Gasteiger partial charge < -0.3 is 15.4 Å². The van der Waals surface area contributed by atoms with Crippen LogP contribution in [0.1, 0.15) is 35.5 Å². The van der Waals surface area contributed by atoms with Gasteiger partial charge in [0.25, 0.3) is 12.3 Å². The second-order valence-electron chi connectivity index (χ2n) is 6.66. The number of hydrogen-bond acceptors (Lipinski definition) is 4. The number of alkyl halides is 2. The van der Waals surface area contributed by atoms with Gasteiger partial charge in [-0.25, -0.2) is 13.8 Å². The van der Waals surface area contributed by atoms with E-state index in [1.54, 1.807) is 32.9 Å². The van der Waals surface area contributed by atoms with Crippen LogP contribution in [0.3, 0.4) is 0 Å². The molecule has 2 aromatic rings. The standard InChI is InChI=1S/C20H22ClF2N3O3/c1-11(2)19(27)26-18-7-14(6-12(3)25-18)20(28)24-9-13-4-5-15(8-16(13)21)29-10-17(22)23/h4-8,11,17H,9-10H2,1-3H3,(H,24,28)(H,25,26,27). The zero-order valence-corrected chi connectivity index (χ0v) is 17.0. The lowest BCUT2D eigenvalue weighted by molar-refractivity contribution is -0.118. The Morgan fingerprint density at radius 1 is 1.21 bits per heavy atom. The molecule has 6 nitrogen and oxygen atoms in total. The van der Waals surface area contributed by atoms with Crippen LogP contribution < -0.4 is 15.4 Å². The van der Waals surface area contributed by atoms with Crippen molar-refractivity contribution < 1.29 is 23.1 Å². The molecule has 2 amide bonds. The molecule has 0 radical (unpaired) electrons. The fraction of sp³-hybridized carbons (Fsp3) is 0.350. The van der Waals surface area contributed by atoms with E-state index in [2.05, 4.69) is 15.6 Å². The third-order valence-corrected chi connectivity index (χ3v) is 4.18. The predicted molar refractivity (Wildman–Crippen MR) is 107 cm³/mol. The first-order valence-corrected chi connectivity index (χ1v) is 9.30. The molecule has 9 heteroatoms. The van der Waals surface area contributed by atoms with E-state index in [0.717, 1.165) is 0 Å². The number of amides is 2. The number of aryl methyl sites for hydroxylation is 1. The van der Waals surface area contributed by atoms with E-state index in [4.69, 9.17) is 16.3 Å². The van der Waals surface area contributed by atoms with Crippen molar-refractivity contribution in [3.8, 4) is 5.75 Å². The zero-order valence-electron chi connectivity index (χ0n) is 16.3. The van der Waals surface area contributed by atoms with Crippen LogP contribution in [0.2, 0.25) is 5.02 Å². The molecule has 0 aliphatic heterocycles. The topological polar surface area (TPSA) is 80.3 Å². The number of anilines is 1. The lowest BCUT2D eigenvalue weighted by atomic mass is 10.1. The van der Waals surface area contributed by atoms with E-state index in [0.29, 0.717) is 22.6 Å². The summed E-state index contributed by atoms with van der Waals surface area (Å²) in [6.07, 6.45) is -2.58. The van der Waals surface area contributed by atoms with Crippen molar-refractivity contribution in [2.24, 2.45) is 5.92 Å². The van der Waals surface area contributed by atoms with Crippen molar-refractivity contribution in [1.29, 1.82) is 0 Å². The number of ether oxygens (including phenoxy) is 1. The molecule has 0 atom stereocenters. The monoisotopic (exact) mass is 425 g/mol. The van der Waals surface area contributed by atoms with Gasteiger partial charge in [-0.05, 0) is 36.8 Å². The van der Waals surface area contributed by atoms with Crippen molar-refractivity contribution in [3.63, 3.8) is 0 Å². The van der Waals surface area contributed by atoms with E-state index in [-0.39, 0.29) is 35.0 Å². The van der Waals surface area contributed by atoms with Gasteiger partial charge in [-0.1, -0.05) is 31.5 Å². The number of benzene rings is 1. The van der Waals surface area contributed by atoms with Crippen LogP contribution in [0.15, 0.2) is 30.3 Å². The minimum Gasteiger partial charge on any atom is -0.488 e. The fourth-order valence-electron chi connectivity index (χ4n) is 2.33. The normalized spacial score (nSPS) is 10.9. The van der Waals surface area contributed by atoms with Crippen LogP contribution in [-0.2, 0) is 11.3 Å². The highest BCUT2D eigenvalue weighted by molar-refractivity contribution is 6.31. The summed E-state index contributed by atoms with van der Waals surface area (Å²) in [5.41, 5.74) is 1.52. The molecule has 0 aliphatic rings. The van der Waals surface area contributed by atoms with E-state index in [1.165, 1.54) is 18.2 Å². The molecular weight excluding hydrogens is 404 g/mol. The Morgan fingerprint density at radius 2 is 1.93 bits per heavy atom. The van der Waals surface area contributed by atoms with Gasteiger partial charge in [-0.2, -0.15) is 0 Å². The quantitative estimate of drug-likeness (QED) is 0.663. The number of carbonyl (C=O) groups is 2. The average molecular weight is 426 g/mol. The molecule has 29 heavy (non-hydrogen) atoms. The Labute approximate surface area is 172 Å². The summed E-state index contributed by atoms with van der Waals surface area (Å²) in [7, 11) is 0. The third kappa shape index (κ3) is 6.98. The van der Waals surface area contributed by atoms with Gasteiger partial charge in [0, 0.05) is 28.7 Å². The summed E-state index contributed by atoms with van der Waals surface area (Å²) in [6, 6.07) is 7.61. The maximum atomic E-state index is 12.5. The van der Waals surface area contributed by atoms with Gasteiger partial charge in [-0.3, -0.25) is 9.59 Å². The number of carbonyl (C=O) groups excluding carboxylic acids is 2. The molecule has 0 fully saturated rings. The summed E-state index contributed by atoms with van der Waals surface area (Å²) in [6.45, 7) is 4.64. The molecule has 1 aromatic heterocycles. The van der Waals surface area contributed by atoms with Crippen molar-refractivity contribution in [2.75, 3.05) is 11.9 Å². The van der Waals surface area contributed by atoms with Gasteiger partial charge in [0.05, 0.1) is 0 Å². The van der Waals surface area contributed by atoms with Crippen molar-refractivity contribution in [2.45, 2.75) is 33.7 Å². The third-order valence-electron chi connectivity index (χ3n) is 3.83. The molecule has 1 heterocycles. The Hall–Kier alpha value is -2.74. The first kappa shape index (κ1) is 22.5. The first-order valence-electron chi connectivity index (χ1n) is 8.93. The van der Waals surface area contributed by atoms with Crippen LogP contribution >= 0.6 is 11.6 Å². The van der Waals surface area contributed by atoms with Crippen molar-refractivity contribution >= 4 is 29.2 Å². The molecule has 156 valence electrons. The number of pyridine rings is 1. The van der Waals surface area contributed by atoms with Crippen LogP contribution in [0, 0.1) is 12.8 Å². The average Bonchev–Trinajstić information content (AvgIpc) is 2.64. The van der Waals surface area contributed by atoms with Crippen LogP contribution in [0.25, 0.3) is 0 Å². The second-order valence-corrected chi connectivity index (χ2v) is 7.07. The molecule has 0 unspecified atom stereocenters. The highest BCUT2D eigenvalue weighted by Crippen LogP contribution is 2.23. The summed E-state index contributed by atoms with van der Waals surface area (Å²) >= 11 is 6.14. The maximum Gasteiger partial charge on any atom is 0.272 e. The van der Waals surface area contributed by atoms with Gasteiger partial charge in [0.2, 0.25) is 5.91 Å². The maximum absolute atomic E-state index is 12.5. The Bertz CT molecular complexity index is 891. The number of aromatic nitrogens is 1. The number of nitrogens with one attached hydrogen (secondary N) is 2. The van der Waals surface area contributed by atoms with E-state index < -0.39 is 13.0 Å². The van der Waals surface area contributed by atoms with E-state index >= 15 is 0 Å². The lowest BCUT2D eigenvalue weighted by Crippen LogP contribution is -2.24. The predicted octanol–water partition coefficient (Wildman–Crippen LogP) is 4.21. The highest BCUT2D eigenvalue weighted by Gasteiger charge is 2.13. The number of nitrogens with zero attached hydrogens (tertiary/aromatic N) is 1. The van der Waals surface area contributed by atoms with Crippen LogP contribution in [-0.4, -0.2) is 29.8 Å². The minimum absolute atomic E-state index is 0.127. The van der Waals surface area contributed by atoms with Gasteiger partial charge in [-0.15, -0.1) is 0 Å². The summed E-state index contributed by atoms with van der Waals surface area (Å²) < 4.78 is 29.3. The number of halogens is 3. The molecule has 0 saturated carbocycles.